The van der Waals surface area contributed by atoms with Crippen molar-refractivity contribution in [3.8, 4) is 0 Å². The first-order chi connectivity index (χ1) is 41.6. The molecule has 0 aromatic carbocycles. The Bertz CT molecular complexity index is 1710. The second-order valence-corrected chi connectivity index (χ2v) is 24.2. The highest BCUT2D eigenvalue weighted by Crippen LogP contribution is 2.27. The summed E-state index contributed by atoms with van der Waals surface area (Å²) >= 11 is 0. The van der Waals surface area contributed by atoms with Crippen LogP contribution in [0.2, 0.25) is 0 Å². The summed E-state index contributed by atoms with van der Waals surface area (Å²) in [6.45, 7) is 5.91. The molecule has 0 amide bonds. The van der Waals surface area contributed by atoms with Gasteiger partial charge in [-0.3, -0.25) is 14.4 Å². The number of rotatable bonds is 61. The normalized spacial score (nSPS) is 17.8. The molecular weight excluding hydrogens is 1070 g/mol. The van der Waals surface area contributed by atoms with E-state index < -0.39 is 67.3 Å². The minimum Gasteiger partial charge on any atom is -0.479 e. The first-order valence-electron chi connectivity index (χ1n) is 35.3. The van der Waals surface area contributed by atoms with Crippen LogP contribution in [-0.4, -0.2) is 89.2 Å². The zero-order valence-corrected chi connectivity index (χ0v) is 54.6. The van der Waals surface area contributed by atoms with Crippen LogP contribution >= 0.6 is 0 Å². The number of ether oxygens (including phenoxy) is 5. The van der Waals surface area contributed by atoms with E-state index in [1.165, 1.54) is 186 Å². The van der Waals surface area contributed by atoms with E-state index in [-0.39, 0.29) is 25.9 Å². The molecule has 492 valence electrons. The van der Waals surface area contributed by atoms with Crippen molar-refractivity contribution >= 4 is 23.9 Å². The second kappa shape index (κ2) is 60.7. The maximum atomic E-state index is 13.2. The van der Waals surface area contributed by atoms with Gasteiger partial charge in [0.05, 0.1) is 6.61 Å². The molecule has 0 aromatic rings. The zero-order chi connectivity index (χ0) is 61.7. The SMILES string of the molecule is CC/C=C\C/C=C\C/C=C\C/C=C\C/C=C\CCCC(=O)OC(COC(=O)CCCCCCCCCCCCCCCCCCCCC)COC1OC(C(=O)O)C(O)C(O)C1OC(=O)CCCCCCCCCCCCCCCCCCCCC. The van der Waals surface area contributed by atoms with Crippen LogP contribution in [0, 0.1) is 0 Å². The summed E-state index contributed by atoms with van der Waals surface area (Å²) in [5, 5.41) is 31.7. The van der Waals surface area contributed by atoms with Gasteiger partial charge in [-0.05, 0) is 57.8 Å². The van der Waals surface area contributed by atoms with E-state index in [4.69, 9.17) is 23.7 Å². The largest absolute Gasteiger partial charge is 0.479 e. The molecule has 0 bridgehead atoms. The van der Waals surface area contributed by atoms with Crippen molar-refractivity contribution in [1.82, 2.24) is 0 Å². The molecule has 0 radical (unpaired) electrons. The number of carboxylic acids is 1. The highest BCUT2D eigenvalue weighted by atomic mass is 16.7. The molecule has 1 aliphatic rings. The van der Waals surface area contributed by atoms with Gasteiger partial charge in [0.25, 0.3) is 0 Å². The molecule has 6 atom stereocenters. The minimum atomic E-state index is -1.91. The van der Waals surface area contributed by atoms with Crippen molar-refractivity contribution in [2.45, 2.75) is 366 Å². The lowest BCUT2D eigenvalue weighted by Gasteiger charge is -2.40. The quantitative estimate of drug-likeness (QED) is 0.0228. The predicted molar refractivity (Wildman–Crippen MR) is 349 cm³/mol. The van der Waals surface area contributed by atoms with Crippen LogP contribution in [0.1, 0.15) is 329 Å². The van der Waals surface area contributed by atoms with Crippen LogP contribution in [0.3, 0.4) is 0 Å². The number of unbranched alkanes of at least 4 members (excludes halogenated alkanes) is 37. The summed E-state index contributed by atoms with van der Waals surface area (Å²) in [6.07, 6.45) is 64.7. The van der Waals surface area contributed by atoms with E-state index >= 15 is 0 Å². The predicted octanol–water partition coefficient (Wildman–Crippen LogP) is 19.5. The summed E-state index contributed by atoms with van der Waals surface area (Å²) in [5.41, 5.74) is 0. The standard InChI is InChI=1S/C73H128O12/c1-4-7-10-13-16-19-22-25-28-31-33-36-38-41-44-47-50-53-56-59-65(74)81-62-64(83-66(75)60-57-54-51-48-45-42-39-35-30-27-24-21-18-15-12-9-6-3)63-82-73-71(69(78)68(77)70(85-73)72(79)80)84-67(76)61-58-55-52-49-46-43-40-37-34-32-29-26-23-20-17-14-11-8-5-2/h9,12,18,21,27,30,39,42,48,51,64,68-71,73,77-78H,4-8,10-11,13-17,19-20,22-26,28-29,31-38,40-41,43-47,49-50,52-63H2,1-3H3,(H,79,80)/b12-9-,21-18-,30-27-,42-39-,51-48-. The van der Waals surface area contributed by atoms with Gasteiger partial charge >= 0.3 is 23.9 Å². The summed E-state index contributed by atoms with van der Waals surface area (Å²) < 4.78 is 28.6. The number of allylic oxidation sites excluding steroid dienone is 10. The van der Waals surface area contributed by atoms with Crippen molar-refractivity contribution in [1.29, 1.82) is 0 Å². The summed E-state index contributed by atoms with van der Waals surface area (Å²) in [6, 6.07) is 0. The van der Waals surface area contributed by atoms with Crippen LogP contribution < -0.4 is 0 Å². The Morgan fingerprint density at radius 2 is 0.741 bits per heavy atom. The Balaban J connectivity index is 2.64. The molecule has 0 aliphatic carbocycles. The molecule has 85 heavy (non-hydrogen) atoms. The number of hydrogen-bond acceptors (Lipinski definition) is 11. The van der Waals surface area contributed by atoms with E-state index in [1.54, 1.807) is 0 Å². The van der Waals surface area contributed by atoms with E-state index in [9.17, 15) is 34.5 Å². The molecule has 1 fully saturated rings. The minimum absolute atomic E-state index is 0.0581. The van der Waals surface area contributed by atoms with Gasteiger partial charge in [0.15, 0.2) is 24.6 Å². The third kappa shape index (κ3) is 50.0. The van der Waals surface area contributed by atoms with Gasteiger partial charge in [-0.15, -0.1) is 0 Å². The first kappa shape index (κ1) is 79.4. The number of carbonyl (C=O) groups is 4. The van der Waals surface area contributed by atoms with Crippen molar-refractivity contribution in [3.05, 3.63) is 60.8 Å². The van der Waals surface area contributed by atoms with Gasteiger partial charge < -0.3 is 39.0 Å². The van der Waals surface area contributed by atoms with E-state index in [0.717, 1.165) is 77.0 Å². The van der Waals surface area contributed by atoms with Crippen LogP contribution in [0.25, 0.3) is 0 Å². The Kier molecular flexibility index (Phi) is 56.7. The maximum Gasteiger partial charge on any atom is 0.335 e. The van der Waals surface area contributed by atoms with Crippen molar-refractivity contribution in [3.63, 3.8) is 0 Å². The molecule has 12 heteroatoms. The van der Waals surface area contributed by atoms with E-state index in [0.29, 0.717) is 25.7 Å². The number of aliphatic hydroxyl groups is 2. The third-order valence-electron chi connectivity index (χ3n) is 16.1. The smallest absolute Gasteiger partial charge is 0.335 e. The Hall–Kier alpha value is -3.58. The van der Waals surface area contributed by atoms with Crippen LogP contribution in [0.5, 0.6) is 0 Å². The lowest BCUT2D eigenvalue weighted by Crippen LogP contribution is -2.61. The summed E-state index contributed by atoms with van der Waals surface area (Å²) in [5.74, 6) is -3.17. The van der Waals surface area contributed by atoms with Gasteiger partial charge in [-0.25, -0.2) is 4.79 Å². The van der Waals surface area contributed by atoms with Crippen molar-refractivity contribution in [2.75, 3.05) is 13.2 Å². The lowest BCUT2D eigenvalue weighted by atomic mass is 9.98. The Labute approximate surface area is 519 Å². The number of aliphatic hydroxyl groups excluding tert-OH is 2. The van der Waals surface area contributed by atoms with Gasteiger partial charge in [0.2, 0.25) is 0 Å². The molecule has 12 nitrogen and oxygen atoms in total. The number of esters is 3. The second-order valence-electron chi connectivity index (χ2n) is 24.2. The number of carboxylic acid groups (broad SMARTS) is 1. The number of hydrogen-bond donors (Lipinski definition) is 3. The molecule has 1 heterocycles. The molecule has 0 spiro atoms. The Morgan fingerprint density at radius 1 is 0.400 bits per heavy atom. The average molecular weight is 1200 g/mol. The van der Waals surface area contributed by atoms with Crippen LogP contribution in [0.15, 0.2) is 60.8 Å². The highest BCUT2D eigenvalue weighted by Gasteiger charge is 2.50. The maximum absolute atomic E-state index is 13.2. The lowest BCUT2D eigenvalue weighted by molar-refractivity contribution is -0.301. The number of carbonyl (C=O) groups excluding carboxylic acids is 3. The van der Waals surface area contributed by atoms with Crippen LogP contribution in [-0.2, 0) is 42.9 Å². The number of aliphatic carboxylic acids is 1. The fourth-order valence-electron chi connectivity index (χ4n) is 10.8. The molecule has 3 N–H and O–H groups in total. The topological polar surface area (TPSA) is 175 Å². The van der Waals surface area contributed by atoms with Gasteiger partial charge in [0, 0.05) is 19.3 Å². The van der Waals surface area contributed by atoms with E-state index in [1.807, 2.05) is 6.08 Å². The first-order valence-corrected chi connectivity index (χ1v) is 35.3. The van der Waals surface area contributed by atoms with Gasteiger partial charge in [-0.1, -0.05) is 313 Å². The molecule has 0 aromatic heterocycles. The zero-order valence-electron chi connectivity index (χ0n) is 54.6. The highest BCUT2D eigenvalue weighted by molar-refractivity contribution is 5.74. The van der Waals surface area contributed by atoms with Crippen LogP contribution in [0.4, 0.5) is 0 Å². The van der Waals surface area contributed by atoms with Crippen molar-refractivity contribution < 1.29 is 58.2 Å². The fourth-order valence-corrected chi connectivity index (χ4v) is 10.8. The molecule has 1 aliphatic heterocycles. The third-order valence-corrected chi connectivity index (χ3v) is 16.1. The molecule has 0 saturated carbocycles. The molecular formula is C73H128O12. The average Bonchev–Trinajstić information content (AvgIpc) is 3.53. The Morgan fingerprint density at radius 3 is 1.12 bits per heavy atom. The van der Waals surface area contributed by atoms with Gasteiger partial charge in [0.1, 0.15) is 18.8 Å². The molecule has 6 unspecified atom stereocenters. The summed E-state index contributed by atoms with van der Waals surface area (Å²) in [4.78, 5) is 51.5. The van der Waals surface area contributed by atoms with Crippen molar-refractivity contribution in [2.24, 2.45) is 0 Å². The molecule has 1 saturated heterocycles. The van der Waals surface area contributed by atoms with E-state index in [2.05, 4.69) is 75.5 Å². The van der Waals surface area contributed by atoms with Gasteiger partial charge in [-0.2, -0.15) is 0 Å². The monoisotopic (exact) mass is 1200 g/mol. The fraction of sp³-hybridized carbons (Fsp3) is 0.808. The molecule has 1 rings (SSSR count). The summed E-state index contributed by atoms with van der Waals surface area (Å²) in [7, 11) is 0.